The third kappa shape index (κ3) is 4.33. The SMILES string of the molecule is C=C(C)COC(=O)Oc1ccc([N+](=O)[O-])cc1. The van der Waals surface area contributed by atoms with Crippen molar-refractivity contribution in [3.05, 3.63) is 46.5 Å². The average molecular weight is 237 g/mol. The van der Waals surface area contributed by atoms with Crippen molar-refractivity contribution >= 4 is 11.8 Å². The minimum absolute atomic E-state index is 0.0752. The van der Waals surface area contributed by atoms with Crippen molar-refractivity contribution in [1.82, 2.24) is 0 Å². The molecule has 1 rings (SSSR count). The van der Waals surface area contributed by atoms with Gasteiger partial charge in [0.1, 0.15) is 12.4 Å². The highest BCUT2D eigenvalue weighted by Crippen LogP contribution is 2.17. The van der Waals surface area contributed by atoms with Gasteiger partial charge >= 0.3 is 6.16 Å². The highest BCUT2D eigenvalue weighted by molar-refractivity contribution is 5.64. The van der Waals surface area contributed by atoms with Gasteiger partial charge in [-0.2, -0.15) is 0 Å². The summed E-state index contributed by atoms with van der Waals surface area (Å²) in [5, 5.41) is 10.4. The predicted molar refractivity (Wildman–Crippen MR) is 59.9 cm³/mol. The first-order valence-electron chi connectivity index (χ1n) is 4.72. The number of carbonyl (C=O) groups is 1. The van der Waals surface area contributed by atoms with Gasteiger partial charge in [-0.05, 0) is 24.6 Å². The smallest absolute Gasteiger partial charge is 0.429 e. The Labute approximate surface area is 97.6 Å². The Kier molecular flexibility index (Phi) is 4.21. The molecule has 0 bridgehead atoms. The van der Waals surface area contributed by atoms with Gasteiger partial charge in [0.15, 0.2) is 0 Å². The number of carbonyl (C=O) groups excluding carboxylic acids is 1. The standard InChI is InChI=1S/C11H11NO5/c1-8(2)7-16-11(13)17-10-5-3-9(4-6-10)12(14)15/h3-6H,1,7H2,2H3. The lowest BCUT2D eigenvalue weighted by atomic mass is 10.3. The van der Waals surface area contributed by atoms with Crippen molar-refractivity contribution in [2.45, 2.75) is 6.92 Å². The summed E-state index contributed by atoms with van der Waals surface area (Å²) in [5.41, 5.74) is 0.610. The molecule has 0 radical (unpaired) electrons. The fourth-order valence-corrected chi connectivity index (χ4v) is 0.944. The molecule has 0 aliphatic rings. The fourth-order valence-electron chi connectivity index (χ4n) is 0.944. The van der Waals surface area contributed by atoms with Crippen LogP contribution in [0.4, 0.5) is 10.5 Å². The molecule has 0 spiro atoms. The van der Waals surface area contributed by atoms with Gasteiger partial charge in [-0.1, -0.05) is 6.58 Å². The molecule has 1 aromatic rings. The van der Waals surface area contributed by atoms with E-state index in [1.165, 1.54) is 24.3 Å². The highest BCUT2D eigenvalue weighted by atomic mass is 16.7. The van der Waals surface area contributed by atoms with E-state index in [1.807, 2.05) is 0 Å². The Bertz CT molecular complexity index is 438. The number of hydrogen-bond acceptors (Lipinski definition) is 5. The molecule has 0 fully saturated rings. The third-order valence-corrected chi connectivity index (χ3v) is 1.69. The van der Waals surface area contributed by atoms with E-state index >= 15 is 0 Å². The van der Waals surface area contributed by atoms with Crippen molar-refractivity contribution in [3.8, 4) is 5.75 Å². The van der Waals surface area contributed by atoms with E-state index in [-0.39, 0.29) is 18.0 Å². The molecule has 0 saturated heterocycles. The maximum atomic E-state index is 11.1. The molecular formula is C11H11NO5. The van der Waals surface area contributed by atoms with Crippen LogP contribution in [-0.2, 0) is 4.74 Å². The largest absolute Gasteiger partial charge is 0.514 e. The molecule has 0 unspecified atom stereocenters. The van der Waals surface area contributed by atoms with E-state index in [2.05, 4.69) is 6.58 Å². The van der Waals surface area contributed by atoms with Crippen LogP contribution in [0.25, 0.3) is 0 Å². The Balaban J connectivity index is 2.54. The number of nitro groups is 1. The molecular weight excluding hydrogens is 226 g/mol. The first-order chi connectivity index (χ1) is 7.99. The summed E-state index contributed by atoms with van der Waals surface area (Å²) < 4.78 is 9.47. The highest BCUT2D eigenvalue weighted by Gasteiger charge is 2.08. The summed E-state index contributed by atoms with van der Waals surface area (Å²) >= 11 is 0. The van der Waals surface area contributed by atoms with Crippen LogP contribution in [0, 0.1) is 10.1 Å². The second-order valence-electron chi connectivity index (χ2n) is 3.35. The number of hydrogen-bond donors (Lipinski definition) is 0. The quantitative estimate of drug-likeness (QED) is 0.264. The zero-order valence-corrected chi connectivity index (χ0v) is 9.21. The van der Waals surface area contributed by atoms with Gasteiger partial charge in [0, 0.05) is 12.1 Å². The van der Waals surface area contributed by atoms with Crippen molar-refractivity contribution < 1.29 is 19.2 Å². The molecule has 1 aromatic carbocycles. The van der Waals surface area contributed by atoms with Gasteiger partial charge in [-0.15, -0.1) is 0 Å². The molecule has 0 aliphatic carbocycles. The number of benzene rings is 1. The summed E-state index contributed by atoms with van der Waals surface area (Å²) in [6, 6.07) is 5.11. The van der Waals surface area contributed by atoms with E-state index in [0.29, 0.717) is 5.57 Å². The maximum absolute atomic E-state index is 11.1. The minimum atomic E-state index is -0.873. The molecule has 6 nitrogen and oxygen atoms in total. The van der Waals surface area contributed by atoms with Crippen LogP contribution in [-0.4, -0.2) is 17.7 Å². The number of non-ortho nitro benzene ring substituents is 1. The number of nitrogens with zero attached hydrogens (tertiary/aromatic N) is 1. The van der Waals surface area contributed by atoms with Crippen LogP contribution in [0.1, 0.15) is 6.92 Å². The summed E-state index contributed by atoms with van der Waals surface area (Å²) in [7, 11) is 0. The number of nitro benzene ring substituents is 1. The zero-order valence-electron chi connectivity index (χ0n) is 9.21. The lowest BCUT2D eigenvalue weighted by Gasteiger charge is -2.04. The predicted octanol–water partition coefficient (Wildman–Crippen LogP) is 2.69. The Morgan fingerprint density at radius 3 is 2.47 bits per heavy atom. The Morgan fingerprint density at radius 2 is 2.00 bits per heavy atom. The van der Waals surface area contributed by atoms with Crippen molar-refractivity contribution in [2.24, 2.45) is 0 Å². The summed E-state index contributed by atoms with van der Waals surface area (Å²) in [5.74, 6) is 0.183. The van der Waals surface area contributed by atoms with Gasteiger partial charge in [0.2, 0.25) is 0 Å². The molecule has 90 valence electrons. The molecule has 17 heavy (non-hydrogen) atoms. The summed E-state index contributed by atoms with van der Waals surface area (Å²) in [4.78, 5) is 21.0. The molecule has 0 amide bonds. The Hall–Kier alpha value is -2.37. The van der Waals surface area contributed by atoms with E-state index in [4.69, 9.17) is 9.47 Å². The molecule has 0 N–H and O–H groups in total. The third-order valence-electron chi connectivity index (χ3n) is 1.69. The van der Waals surface area contributed by atoms with Crippen molar-refractivity contribution in [3.63, 3.8) is 0 Å². The molecule has 0 heterocycles. The van der Waals surface area contributed by atoms with Crippen LogP contribution < -0.4 is 4.74 Å². The van der Waals surface area contributed by atoms with Crippen molar-refractivity contribution in [2.75, 3.05) is 6.61 Å². The maximum Gasteiger partial charge on any atom is 0.514 e. The van der Waals surface area contributed by atoms with E-state index < -0.39 is 11.1 Å². The number of rotatable bonds is 4. The van der Waals surface area contributed by atoms with Crippen LogP contribution in [0.15, 0.2) is 36.4 Å². The van der Waals surface area contributed by atoms with Gasteiger partial charge in [-0.25, -0.2) is 4.79 Å². The van der Waals surface area contributed by atoms with Crippen LogP contribution >= 0.6 is 0 Å². The number of ether oxygens (including phenoxy) is 2. The lowest BCUT2D eigenvalue weighted by molar-refractivity contribution is -0.384. The topological polar surface area (TPSA) is 78.7 Å². The summed E-state index contributed by atoms with van der Waals surface area (Å²) in [6.45, 7) is 5.34. The van der Waals surface area contributed by atoms with Crippen LogP contribution in [0.2, 0.25) is 0 Å². The van der Waals surface area contributed by atoms with Gasteiger partial charge in [0.05, 0.1) is 4.92 Å². The first-order valence-corrected chi connectivity index (χ1v) is 4.72. The average Bonchev–Trinajstić information content (AvgIpc) is 2.27. The van der Waals surface area contributed by atoms with Crippen LogP contribution in [0.5, 0.6) is 5.75 Å². The summed E-state index contributed by atoms with van der Waals surface area (Å²) in [6.07, 6.45) is -0.873. The first kappa shape index (κ1) is 12.7. The second-order valence-corrected chi connectivity index (χ2v) is 3.35. The van der Waals surface area contributed by atoms with E-state index in [1.54, 1.807) is 6.92 Å². The van der Waals surface area contributed by atoms with E-state index in [9.17, 15) is 14.9 Å². The second kappa shape index (κ2) is 5.64. The molecule has 0 aliphatic heterocycles. The molecule has 0 atom stereocenters. The lowest BCUT2D eigenvalue weighted by Crippen LogP contribution is -2.11. The van der Waals surface area contributed by atoms with Gasteiger partial charge in [0.25, 0.3) is 5.69 Å². The Morgan fingerprint density at radius 1 is 1.41 bits per heavy atom. The van der Waals surface area contributed by atoms with Gasteiger partial charge in [-0.3, -0.25) is 10.1 Å². The minimum Gasteiger partial charge on any atom is -0.429 e. The van der Waals surface area contributed by atoms with Crippen molar-refractivity contribution in [1.29, 1.82) is 0 Å². The van der Waals surface area contributed by atoms with Crippen LogP contribution in [0.3, 0.4) is 0 Å². The zero-order chi connectivity index (χ0) is 12.8. The molecule has 0 aromatic heterocycles. The monoisotopic (exact) mass is 237 g/mol. The van der Waals surface area contributed by atoms with Gasteiger partial charge < -0.3 is 9.47 Å². The molecule has 6 heteroatoms. The normalized spacial score (nSPS) is 9.47. The fraction of sp³-hybridized carbons (Fsp3) is 0.182. The van der Waals surface area contributed by atoms with E-state index in [0.717, 1.165) is 0 Å². The molecule has 0 saturated carbocycles.